The van der Waals surface area contributed by atoms with Gasteiger partial charge in [-0.2, -0.15) is 0 Å². The summed E-state index contributed by atoms with van der Waals surface area (Å²) in [5, 5.41) is 3.00. The quantitative estimate of drug-likeness (QED) is 0.717. The molecule has 8 heteroatoms. The molecule has 0 unspecified atom stereocenters. The topological polar surface area (TPSA) is 65.1 Å². The van der Waals surface area contributed by atoms with Crippen molar-refractivity contribution in [3.05, 3.63) is 29.8 Å². The summed E-state index contributed by atoms with van der Waals surface area (Å²) >= 11 is 1.37. The number of thioether (sulfide) groups is 1. The SMILES string of the molecule is CN1CCN(c2ccccc2CNC(=O)CSCC(=O)N2CCOCC2)CC1. The maximum atomic E-state index is 12.2. The van der Waals surface area contributed by atoms with Gasteiger partial charge in [-0.1, -0.05) is 18.2 Å². The molecule has 2 fully saturated rings. The smallest absolute Gasteiger partial charge is 0.232 e. The van der Waals surface area contributed by atoms with Crippen molar-refractivity contribution in [1.82, 2.24) is 15.1 Å². The number of morpholine rings is 1. The second-order valence-electron chi connectivity index (χ2n) is 7.18. The molecule has 0 aromatic heterocycles. The number of nitrogens with zero attached hydrogens (tertiary/aromatic N) is 3. The van der Waals surface area contributed by atoms with Crippen molar-refractivity contribution in [3.8, 4) is 0 Å². The molecule has 1 aromatic carbocycles. The molecule has 2 saturated heterocycles. The maximum Gasteiger partial charge on any atom is 0.232 e. The molecule has 0 aliphatic carbocycles. The first-order chi connectivity index (χ1) is 13.6. The number of amides is 2. The fourth-order valence-electron chi connectivity index (χ4n) is 3.40. The highest BCUT2D eigenvalue weighted by atomic mass is 32.2. The van der Waals surface area contributed by atoms with Crippen LogP contribution < -0.4 is 10.2 Å². The van der Waals surface area contributed by atoms with Gasteiger partial charge in [0.1, 0.15) is 0 Å². The normalized spacial score (nSPS) is 18.2. The molecular weight excluding hydrogens is 376 g/mol. The summed E-state index contributed by atoms with van der Waals surface area (Å²) in [6, 6.07) is 8.26. The molecule has 2 aliphatic heterocycles. The van der Waals surface area contributed by atoms with Crippen LogP contribution in [0.2, 0.25) is 0 Å². The third-order valence-corrected chi connectivity index (χ3v) is 6.05. The Morgan fingerprint density at radius 3 is 2.50 bits per heavy atom. The van der Waals surface area contributed by atoms with Crippen molar-refractivity contribution in [3.63, 3.8) is 0 Å². The predicted molar refractivity (Wildman–Crippen MR) is 113 cm³/mol. The summed E-state index contributed by atoms with van der Waals surface area (Å²) in [5.74, 6) is 0.687. The van der Waals surface area contributed by atoms with Crippen molar-refractivity contribution in [2.45, 2.75) is 6.54 Å². The minimum atomic E-state index is -0.0343. The largest absolute Gasteiger partial charge is 0.378 e. The van der Waals surface area contributed by atoms with E-state index in [1.165, 1.54) is 17.4 Å². The van der Waals surface area contributed by atoms with Crippen molar-refractivity contribution in [2.75, 3.05) is 75.9 Å². The molecule has 1 N–H and O–H groups in total. The highest BCUT2D eigenvalue weighted by Crippen LogP contribution is 2.21. The summed E-state index contributed by atoms with van der Waals surface area (Å²) in [4.78, 5) is 30.8. The number of para-hydroxylation sites is 1. The van der Waals surface area contributed by atoms with E-state index < -0.39 is 0 Å². The molecule has 0 atom stereocenters. The number of likely N-dealkylation sites (N-methyl/N-ethyl adjacent to an activating group) is 1. The van der Waals surface area contributed by atoms with Crippen LogP contribution in [0.3, 0.4) is 0 Å². The number of nitrogens with one attached hydrogen (secondary N) is 1. The predicted octanol–water partition coefficient (Wildman–Crippen LogP) is 0.647. The van der Waals surface area contributed by atoms with E-state index >= 15 is 0 Å². The molecule has 2 amide bonds. The third-order valence-electron chi connectivity index (χ3n) is 5.13. The molecular formula is C20H30N4O3S. The van der Waals surface area contributed by atoms with Crippen LogP contribution in [0.15, 0.2) is 24.3 Å². The molecule has 1 aromatic rings. The molecule has 3 rings (SSSR count). The zero-order chi connectivity index (χ0) is 19.8. The maximum absolute atomic E-state index is 12.2. The first-order valence-corrected chi connectivity index (χ1v) is 11.0. The molecule has 154 valence electrons. The van der Waals surface area contributed by atoms with Crippen molar-refractivity contribution in [2.24, 2.45) is 0 Å². The number of hydrogen-bond donors (Lipinski definition) is 1. The molecule has 2 aliphatic rings. The lowest BCUT2D eigenvalue weighted by molar-refractivity contribution is -0.132. The molecule has 7 nitrogen and oxygen atoms in total. The van der Waals surface area contributed by atoms with Gasteiger partial charge in [-0.3, -0.25) is 9.59 Å². The monoisotopic (exact) mass is 406 g/mol. The zero-order valence-corrected chi connectivity index (χ0v) is 17.4. The van der Waals surface area contributed by atoms with Gasteiger partial charge >= 0.3 is 0 Å². The lowest BCUT2D eigenvalue weighted by Gasteiger charge is -2.35. The van der Waals surface area contributed by atoms with Gasteiger partial charge in [-0.15, -0.1) is 11.8 Å². The van der Waals surface area contributed by atoms with E-state index in [0.717, 1.165) is 31.7 Å². The minimum absolute atomic E-state index is 0.0343. The van der Waals surface area contributed by atoms with E-state index in [1.807, 2.05) is 12.1 Å². The van der Waals surface area contributed by atoms with Crippen molar-refractivity contribution >= 4 is 29.3 Å². The van der Waals surface area contributed by atoms with Crippen LogP contribution >= 0.6 is 11.8 Å². The van der Waals surface area contributed by atoms with E-state index in [0.29, 0.717) is 44.4 Å². The molecule has 2 heterocycles. The van der Waals surface area contributed by atoms with Crippen LogP contribution in [0.5, 0.6) is 0 Å². The van der Waals surface area contributed by atoms with Crippen LogP contribution in [-0.2, 0) is 20.9 Å². The number of hydrogen-bond acceptors (Lipinski definition) is 6. The van der Waals surface area contributed by atoms with Gasteiger partial charge in [0.05, 0.1) is 24.7 Å². The molecule has 0 spiro atoms. The fourth-order valence-corrected chi connectivity index (χ4v) is 4.14. The van der Waals surface area contributed by atoms with E-state index in [2.05, 4.69) is 34.3 Å². The zero-order valence-electron chi connectivity index (χ0n) is 16.6. The van der Waals surface area contributed by atoms with Crippen LogP contribution in [0, 0.1) is 0 Å². The van der Waals surface area contributed by atoms with Crippen LogP contribution in [-0.4, -0.2) is 92.6 Å². The van der Waals surface area contributed by atoms with Crippen LogP contribution in [0.25, 0.3) is 0 Å². The third kappa shape index (κ3) is 6.12. The number of ether oxygens (including phenoxy) is 1. The summed E-state index contributed by atoms with van der Waals surface area (Å²) in [6.45, 7) is 7.11. The van der Waals surface area contributed by atoms with Crippen LogP contribution in [0.4, 0.5) is 5.69 Å². The highest BCUT2D eigenvalue weighted by Gasteiger charge is 2.18. The van der Waals surface area contributed by atoms with Gasteiger partial charge in [-0.25, -0.2) is 0 Å². The Morgan fingerprint density at radius 1 is 1.04 bits per heavy atom. The molecule has 28 heavy (non-hydrogen) atoms. The van der Waals surface area contributed by atoms with E-state index in [4.69, 9.17) is 4.74 Å². The Balaban J connectivity index is 1.41. The number of carbonyl (C=O) groups excluding carboxylic acids is 2. The first kappa shape index (κ1) is 21.0. The van der Waals surface area contributed by atoms with E-state index in [-0.39, 0.29) is 11.8 Å². The second kappa shape index (κ2) is 10.7. The summed E-state index contributed by atoms with van der Waals surface area (Å²) in [7, 11) is 2.14. The Hall–Kier alpha value is -1.77. The van der Waals surface area contributed by atoms with Gasteiger partial charge < -0.3 is 24.8 Å². The van der Waals surface area contributed by atoms with Crippen LogP contribution in [0.1, 0.15) is 5.56 Å². The average Bonchev–Trinajstić information content (AvgIpc) is 2.73. The lowest BCUT2D eigenvalue weighted by atomic mass is 10.1. The molecule has 0 radical (unpaired) electrons. The second-order valence-corrected chi connectivity index (χ2v) is 8.17. The van der Waals surface area contributed by atoms with Gasteiger partial charge in [-0.05, 0) is 18.7 Å². The van der Waals surface area contributed by atoms with Gasteiger partial charge in [0.25, 0.3) is 0 Å². The number of rotatable bonds is 7. The number of anilines is 1. The molecule has 0 saturated carbocycles. The van der Waals surface area contributed by atoms with E-state index in [1.54, 1.807) is 4.90 Å². The molecule has 0 bridgehead atoms. The standard InChI is InChI=1S/C20H30N4O3S/c1-22-6-8-23(9-7-22)18-5-3-2-4-17(18)14-21-19(25)15-28-16-20(26)24-10-12-27-13-11-24/h2-5H,6-16H2,1H3,(H,21,25). The Bertz CT molecular complexity index is 659. The minimum Gasteiger partial charge on any atom is -0.378 e. The first-order valence-electron chi connectivity index (χ1n) is 9.85. The highest BCUT2D eigenvalue weighted by molar-refractivity contribution is 8.00. The number of carbonyl (C=O) groups is 2. The van der Waals surface area contributed by atoms with Gasteiger partial charge in [0, 0.05) is 51.5 Å². The van der Waals surface area contributed by atoms with Crippen molar-refractivity contribution in [1.29, 1.82) is 0 Å². The van der Waals surface area contributed by atoms with Crippen molar-refractivity contribution < 1.29 is 14.3 Å². The summed E-state index contributed by atoms with van der Waals surface area (Å²) in [6.07, 6.45) is 0. The fraction of sp³-hybridized carbons (Fsp3) is 0.600. The van der Waals surface area contributed by atoms with Gasteiger partial charge in [0.15, 0.2) is 0 Å². The Kier molecular flexibility index (Phi) is 8.00. The van der Waals surface area contributed by atoms with E-state index in [9.17, 15) is 9.59 Å². The Labute approximate surface area is 171 Å². The average molecular weight is 407 g/mol. The summed E-state index contributed by atoms with van der Waals surface area (Å²) < 4.78 is 5.25. The number of piperazine rings is 1. The Morgan fingerprint density at radius 2 is 1.75 bits per heavy atom. The lowest BCUT2D eigenvalue weighted by Crippen LogP contribution is -2.45. The summed E-state index contributed by atoms with van der Waals surface area (Å²) in [5.41, 5.74) is 2.33. The number of benzene rings is 1. The van der Waals surface area contributed by atoms with Gasteiger partial charge in [0.2, 0.25) is 11.8 Å².